The maximum Gasteiger partial charge on any atom is 0.248 e. The lowest BCUT2D eigenvalue weighted by molar-refractivity contribution is -0.112. The normalized spacial score (nSPS) is 10.2. The lowest BCUT2D eigenvalue weighted by atomic mass is 10.1. The van der Waals surface area contributed by atoms with Gasteiger partial charge in [0.1, 0.15) is 12.4 Å². The highest BCUT2D eigenvalue weighted by Gasteiger charge is 2.08. The van der Waals surface area contributed by atoms with Gasteiger partial charge >= 0.3 is 0 Å². The second-order valence-electron chi connectivity index (χ2n) is 6.06. The summed E-state index contributed by atoms with van der Waals surface area (Å²) in [6.45, 7) is 8.25. The zero-order valence-electron chi connectivity index (χ0n) is 14.4. The molecular formula is C20H22BrNO2. The van der Waals surface area contributed by atoms with Gasteiger partial charge in [-0.05, 0) is 68.7 Å². The number of aryl methyl sites for hydroxylation is 2. The van der Waals surface area contributed by atoms with Crippen molar-refractivity contribution in [2.24, 2.45) is 0 Å². The van der Waals surface area contributed by atoms with Crippen molar-refractivity contribution in [2.75, 3.05) is 5.32 Å². The summed E-state index contributed by atoms with van der Waals surface area (Å²) in [5.74, 6) is 0.692. The molecule has 1 amide bonds. The molecule has 1 N–H and O–H groups in total. The van der Waals surface area contributed by atoms with Gasteiger partial charge < -0.3 is 10.1 Å². The van der Waals surface area contributed by atoms with Crippen LogP contribution in [0.3, 0.4) is 0 Å². The van der Waals surface area contributed by atoms with E-state index in [0.717, 1.165) is 38.2 Å². The van der Waals surface area contributed by atoms with Crippen LogP contribution in [0.5, 0.6) is 5.75 Å². The van der Waals surface area contributed by atoms with Gasteiger partial charge in [-0.3, -0.25) is 4.79 Å². The molecule has 2 aromatic carbocycles. The molecule has 126 valence electrons. The van der Waals surface area contributed by atoms with Crippen LogP contribution < -0.4 is 10.1 Å². The minimum atomic E-state index is -0.107. The van der Waals surface area contributed by atoms with Crippen LogP contribution >= 0.6 is 15.9 Å². The highest BCUT2D eigenvalue weighted by molar-refractivity contribution is 9.10. The third-order valence-electron chi connectivity index (χ3n) is 3.49. The van der Waals surface area contributed by atoms with E-state index in [4.69, 9.17) is 4.74 Å². The van der Waals surface area contributed by atoms with Crippen LogP contribution in [0.15, 0.2) is 52.5 Å². The van der Waals surface area contributed by atoms with Crippen molar-refractivity contribution in [2.45, 2.75) is 34.3 Å². The maximum atomic E-state index is 11.9. The first-order chi connectivity index (χ1) is 11.3. The van der Waals surface area contributed by atoms with Crippen molar-refractivity contribution in [3.05, 3.63) is 69.2 Å². The lowest BCUT2D eigenvalue weighted by Gasteiger charge is -2.14. The number of allylic oxidation sites excluding steroid dienone is 1. The maximum absolute atomic E-state index is 11.9. The molecule has 0 aromatic heterocycles. The monoisotopic (exact) mass is 387 g/mol. The number of hydrogen-bond donors (Lipinski definition) is 1. The predicted molar refractivity (Wildman–Crippen MR) is 102 cm³/mol. The molecule has 2 rings (SSSR count). The first-order valence-electron chi connectivity index (χ1n) is 7.79. The summed E-state index contributed by atoms with van der Waals surface area (Å²) in [5.41, 5.74) is 4.88. The average Bonchev–Trinajstić information content (AvgIpc) is 2.49. The molecule has 0 heterocycles. The minimum absolute atomic E-state index is 0.107. The highest BCUT2D eigenvalue weighted by atomic mass is 79.9. The molecule has 0 saturated carbocycles. The van der Waals surface area contributed by atoms with Gasteiger partial charge in [0.15, 0.2) is 0 Å². The zero-order valence-corrected chi connectivity index (χ0v) is 16.0. The van der Waals surface area contributed by atoms with Gasteiger partial charge in [0.25, 0.3) is 0 Å². The molecular weight excluding hydrogens is 366 g/mol. The summed E-state index contributed by atoms with van der Waals surface area (Å²) in [7, 11) is 0. The van der Waals surface area contributed by atoms with E-state index in [-0.39, 0.29) is 5.91 Å². The fourth-order valence-electron chi connectivity index (χ4n) is 2.37. The Bertz CT molecular complexity index is 737. The van der Waals surface area contributed by atoms with Gasteiger partial charge in [-0.2, -0.15) is 0 Å². The molecule has 0 aliphatic rings. The van der Waals surface area contributed by atoms with E-state index in [9.17, 15) is 4.79 Å². The predicted octanol–water partition coefficient (Wildman–Crippen LogP) is 5.55. The third-order valence-corrected chi connectivity index (χ3v) is 4.02. The molecule has 0 aliphatic heterocycles. The number of halogens is 1. The molecule has 24 heavy (non-hydrogen) atoms. The van der Waals surface area contributed by atoms with Gasteiger partial charge in [-0.1, -0.05) is 33.6 Å². The Balaban J connectivity index is 2.09. The van der Waals surface area contributed by atoms with E-state index < -0.39 is 0 Å². The Morgan fingerprint density at radius 3 is 2.25 bits per heavy atom. The van der Waals surface area contributed by atoms with Crippen molar-refractivity contribution in [1.82, 2.24) is 0 Å². The van der Waals surface area contributed by atoms with Crippen LogP contribution in [0.1, 0.15) is 30.5 Å². The molecule has 0 unspecified atom stereocenters. The summed E-state index contributed by atoms with van der Waals surface area (Å²) < 4.78 is 6.93. The highest BCUT2D eigenvalue weighted by Crippen LogP contribution is 2.27. The second-order valence-corrected chi connectivity index (χ2v) is 6.97. The van der Waals surface area contributed by atoms with E-state index in [2.05, 4.69) is 21.2 Å². The number of benzene rings is 2. The summed E-state index contributed by atoms with van der Waals surface area (Å²) in [6.07, 6.45) is 1.59. The molecule has 0 saturated heterocycles. The minimum Gasteiger partial charge on any atom is -0.489 e. The third kappa shape index (κ3) is 5.24. The van der Waals surface area contributed by atoms with Crippen LogP contribution in [0.4, 0.5) is 5.69 Å². The number of hydrogen-bond acceptors (Lipinski definition) is 2. The largest absolute Gasteiger partial charge is 0.489 e. The Kier molecular flexibility index (Phi) is 6.21. The second kappa shape index (κ2) is 8.15. The van der Waals surface area contributed by atoms with Crippen molar-refractivity contribution in [3.63, 3.8) is 0 Å². The number of carbonyl (C=O) groups is 1. The number of nitrogens with one attached hydrogen (secondary N) is 1. The standard InChI is InChI=1S/C20H22BrNO2/c1-13(2)9-19(23)22-20-14(3)10-18(11-15(20)4)24-12-16-5-7-17(21)8-6-16/h5-11H,12H2,1-4H3,(H,22,23). The first-order valence-corrected chi connectivity index (χ1v) is 8.59. The van der Waals surface area contributed by atoms with E-state index in [0.29, 0.717) is 6.61 Å². The fourth-order valence-corrected chi connectivity index (χ4v) is 2.64. The Labute approximate surface area is 151 Å². The molecule has 0 radical (unpaired) electrons. The Morgan fingerprint density at radius 2 is 1.71 bits per heavy atom. The first kappa shape index (κ1) is 18.3. The topological polar surface area (TPSA) is 38.3 Å². The summed E-state index contributed by atoms with van der Waals surface area (Å²) in [6, 6.07) is 11.9. The van der Waals surface area contributed by atoms with Crippen molar-refractivity contribution in [3.8, 4) is 5.75 Å². The molecule has 0 atom stereocenters. The summed E-state index contributed by atoms with van der Waals surface area (Å²) in [5, 5.41) is 2.94. The van der Waals surface area contributed by atoms with E-state index >= 15 is 0 Å². The molecule has 2 aromatic rings. The zero-order chi connectivity index (χ0) is 17.7. The number of ether oxygens (including phenoxy) is 1. The van der Waals surface area contributed by atoms with Crippen LogP contribution in [-0.4, -0.2) is 5.91 Å². The molecule has 3 nitrogen and oxygen atoms in total. The number of rotatable bonds is 5. The number of amides is 1. The fraction of sp³-hybridized carbons (Fsp3) is 0.250. The van der Waals surface area contributed by atoms with Gasteiger partial charge in [0.05, 0.1) is 0 Å². The van der Waals surface area contributed by atoms with Crippen molar-refractivity contribution in [1.29, 1.82) is 0 Å². The van der Waals surface area contributed by atoms with Crippen LogP contribution in [0.25, 0.3) is 0 Å². The summed E-state index contributed by atoms with van der Waals surface area (Å²) in [4.78, 5) is 11.9. The summed E-state index contributed by atoms with van der Waals surface area (Å²) >= 11 is 3.42. The van der Waals surface area contributed by atoms with Gasteiger partial charge in [0.2, 0.25) is 5.91 Å². The molecule has 0 aliphatic carbocycles. The van der Waals surface area contributed by atoms with Crippen LogP contribution in [0, 0.1) is 13.8 Å². The molecule has 0 bridgehead atoms. The van der Waals surface area contributed by atoms with Gasteiger partial charge in [-0.25, -0.2) is 0 Å². The smallest absolute Gasteiger partial charge is 0.248 e. The Morgan fingerprint density at radius 1 is 1.12 bits per heavy atom. The van der Waals surface area contributed by atoms with Crippen molar-refractivity contribution >= 4 is 27.5 Å². The number of carbonyl (C=O) groups excluding carboxylic acids is 1. The Hall–Kier alpha value is -2.07. The van der Waals surface area contributed by atoms with Crippen molar-refractivity contribution < 1.29 is 9.53 Å². The van der Waals surface area contributed by atoms with E-state index in [1.54, 1.807) is 6.08 Å². The average molecular weight is 388 g/mol. The number of anilines is 1. The molecule has 0 spiro atoms. The lowest BCUT2D eigenvalue weighted by Crippen LogP contribution is -2.11. The van der Waals surface area contributed by atoms with Crippen LogP contribution in [0.2, 0.25) is 0 Å². The SMILES string of the molecule is CC(C)=CC(=O)Nc1c(C)cc(OCc2ccc(Br)cc2)cc1C. The van der Waals surface area contributed by atoms with Gasteiger partial charge in [-0.15, -0.1) is 0 Å². The molecule has 0 fully saturated rings. The van der Waals surface area contributed by atoms with E-state index in [1.165, 1.54) is 0 Å². The quantitative estimate of drug-likeness (QED) is 0.682. The van der Waals surface area contributed by atoms with E-state index in [1.807, 2.05) is 64.1 Å². The van der Waals surface area contributed by atoms with Gasteiger partial charge in [0, 0.05) is 16.2 Å². The van der Waals surface area contributed by atoms with Crippen LogP contribution in [-0.2, 0) is 11.4 Å². The molecule has 4 heteroatoms.